The van der Waals surface area contributed by atoms with Crippen LogP contribution in [0.5, 0.6) is 0 Å². The Morgan fingerprint density at radius 3 is 2.93 bits per heavy atom. The van der Waals surface area contributed by atoms with Gasteiger partial charge in [-0.1, -0.05) is 11.6 Å². The van der Waals surface area contributed by atoms with E-state index in [4.69, 9.17) is 18.0 Å². The molecule has 1 N–H and O–H groups in total. The Balaban J connectivity index is 2.78. The number of hydrogen-bond acceptors (Lipinski definition) is 1. The minimum absolute atomic E-state index is 0.349. The maximum absolute atomic E-state index is 13.1. The first kappa shape index (κ1) is 11.4. The van der Waals surface area contributed by atoms with Crippen molar-refractivity contribution in [2.75, 3.05) is 11.9 Å². The average Bonchev–Trinajstić information content (AvgIpc) is 2.14. The van der Waals surface area contributed by atoms with E-state index >= 15 is 0 Å². The molecular formula is C10H8BrClFN. The van der Waals surface area contributed by atoms with E-state index in [2.05, 4.69) is 27.2 Å². The molecule has 0 aliphatic rings. The number of halogens is 3. The van der Waals surface area contributed by atoms with Crippen LogP contribution in [0.1, 0.15) is 6.42 Å². The highest BCUT2D eigenvalue weighted by atomic mass is 79.9. The van der Waals surface area contributed by atoms with Gasteiger partial charge in [-0.15, -0.1) is 12.3 Å². The molecule has 1 rings (SSSR count). The Hall–Kier alpha value is -0.720. The number of rotatable bonds is 3. The molecule has 0 aliphatic heterocycles. The summed E-state index contributed by atoms with van der Waals surface area (Å²) in [4.78, 5) is 0. The Bertz CT molecular complexity index is 373. The van der Waals surface area contributed by atoms with Gasteiger partial charge in [0.2, 0.25) is 0 Å². The van der Waals surface area contributed by atoms with Gasteiger partial charge in [0.15, 0.2) is 0 Å². The molecule has 0 heterocycles. The summed E-state index contributed by atoms with van der Waals surface area (Å²) in [6.45, 7) is 0.581. The standard InChI is InChI=1S/C10H8BrClFN/c1-2-3-4-14-10-6-9(13)7(11)5-8(10)12/h1,5-6,14H,3-4H2. The Labute approximate surface area is 95.8 Å². The molecule has 0 saturated heterocycles. The number of nitrogens with one attached hydrogen (secondary N) is 1. The van der Waals surface area contributed by atoms with Crippen LogP contribution in [0.25, 0.3) is 0 Å². The quantitative estimate of drug-likeness (QED) is 0.504. The van der Waals surface area contributed by atoms with Crippen molar-refractivity contribution in [3.63, 3.8) is 0 Å². The minimum atomic E-state index is -0.349. The molecule has 1 nitrogen and oxygen atoms in total. The van der Waals surface area contributed by atoms with Crippen LogP contribution < -0.4 is 5.32 Å². The Morgan fingerprint density at radius 1 is 1.57 bits per heavy atom. The van der Waals surface area contributed by atoms with Crippen LogP contribution in [0.15, 0.2) is 16.6 Å². The highest BCUT2D eigenvalue weighted by molar-refractivity contribution is 9.10. The van der Waals surface area contributed by atoms with Crippen molar-refractivity contribution in [3.05, 3.63) is 27.4 Å². The molecule has 1 aromatic carbocycles. The monoisotopic (exact) mass is 275 g/mol. The van der Waals surface area contributed by atoms with Crippen LogP contribution in [0.3, 0.4) is 0 Å². The second-order valence-electron chi connectivity index (χ2n) is 2.63. The van der Waals surface area contributed by atoms with Crippen LogP contribution in [0.4, 0.5) is 10.1 Å². The predicted molar refractivity (Wildman–Crippen MR) is 61.0 cm³/mol. The zero-order chi connectivity index (χ0) is 10.6. The van der Waals surface area contributed by atoms with Crippen LogP contribution in [0, 0.1) is 18.2 Å². The Morgan fingerprint density at radius 2 is 2.29 bits per heavy atom. The number of terminal acetylenes is 1. The molecule has 0 spiro atoms. The molecular weight excluding hydrogens is 268 g/mol. The predicted octanol–water partition coefficient (Wildman–Crippen LogP) is 3.68. The first-order valence-corrected chi connectivity index (χ1v) is 5.14. The molecule has 1 aromatic rings. The van der Waals surface area contributed by atoms with E-state index in [0.29, 0.717) is 28.1 Å². The third kappa shape index (κ3) is 2.90. The van der Waals surface area contributed by atoms with E-state index in [0.717, 1.165) is 0 Å². The van der Waals surface area contributed by atoms with Crippen LogP contribution >= 0.6 is 27.5 Å². The van der Waals surface area contributed by atoms with Gasteiger partial charge >= 0.3 is 0 Å². The lowest BCUT2D eigenvalue weighted by molar-refractivity contribution is 0.621. The van der Waals surface area contributed by atoms with Gasteiger partial charge in [-0.2, -0.15) is 0 Å². The Kier molecular flexibility index (Phi) is 4.24. The maximum atomic E-state index is 13.1. The molecule has 14 heavy (non-hydrogen) atoms. The molecule has 0 fully saturated rings. The van der Waals surface area contributed by atoms with Crippen LogP contribution in [-0.4, -0.2) is 6.54 Å². The fraction of sp³-hybridized carbons (Fsp3) is 0.200. The van der Waals surface area contributed by atoms with Crippen molar-refractivity contribution in [1.29, 1.82) is 0 Å². The van der Waals surface area contributed by atoms with Crippen molar-refractivity contribution in [1.82, 2.24) is 0 Å². The summed E-state index contributed by atoms with van der Waals surface area (Å²) in [6, 6.07) is 2.85. The third-order valence-corrected chi connectivity index (χ3v) is 2.52. The summed E-state index contributed by atoms with van der Waals surface area (Å²) in [5.74, 6) is 2.13. The molecule has 74 valence electrons. The molecule has 0 aromatic heterocycles. The van der Waals surface area contributed by atoms with Gasteiger partial charge in [0.05, 0.1) is 15.2 Å². The second-order valence-corrected chi connectivity index (χ2v) is 3.89. The zero-order valence-corrected chi connectivity index (χ0v) is 9.62. The summed E-state index contributed by atoms with van der Waals surface area (Å²) >= 11 is 8.91. The third-order valence-electron chi connectivity index (χ3n) is 1.59. The van der Waals surface area contributed by atoms with Gasteiger partial charge in [-0.3, -0.25) is 0 Å². The summed E-state index contributed by atoms with van der Waals surface area (Å²) in [7, 11) is 0. The van der Waals surface area contributed by atoms with E-state index in [1.165, 1.54) is 12.1 Å². The summed E-state index contributed by atoms with van der Waals surface area (Å²) in [5, 5.41) is 3.41. The van der Waals surface area contributed by atoms with Gasteiger partial charge < -0.3 is 5.32 Å². The van der Waals surface area contributed by atoms with Gasteiger partial charge in [-0.25, -0.2) is 4.39 Å². The lowest BCUT2D eigenvalue weighted by Gasteiger charge is -2.07. The van der Waals surface area contributed by atoms with E-state index < -0.39 is 0 Å². The van der Waals surface area contributed by atoms with Crippen molar-refractivity contribution in [2.24, 2.45) is 0 Å². The molecule has 0 unspecified atom stereocenters. The normalized spacial score (nSPS) is 9.57. The second kappa shape index (κ2) is 5.23. The molecule has 0 radical (unpaired) electrons. The highest BCUT2D eigenvalue weighted by Gasteiger charge is 2.05. The zero-order valence-electron chi connectivity index (χ0n) is 7.28. The average molecular weight is 277 g/mol. The van der Waals surface area contributed by atoms with Crippen LogP contribution in [-0.2, 0) is 0 Å². The summed E-state index contributed by atoms with van der Waals surface area (Å²) in [6.07, 6.45) is 5.66. The SMILES string of the molecule is C#CCCNc1cc(F)c(Br)cc1Cl. The van der Waals surface area contributed by atoms with E-state index in [1.54, 1.807) is 0 Å². The van der Waals surface area contributed by atoms with Crippen LogP contribution in [0.2, 0.25) is 5.02 Å². The number of benzene rings is 1. The summed E-state index contributed by atoms with van der Waals surface area (Å²) < 4.78 is 13.4. The molecule has 0 amide bonds. The summed E-state index contributed by atoms with van der Waals surface area (Å²) in [5.41, 5.74) is 0.558. The smallest absolute Gasteiger partial charge is 0.139 e. The minimum Gasteiger partial charge on any atom is -0.383 e. The molecule has 4 heteroatoms. The largest absolute Gasteiger partial charge is 0.383 e. The first-order valence-electron chi connectivity index (χ1n) is 3.97. The number of anilines is 1. The van der Waals surface area contributed by atoms with Gasteiger partial charge in [0.25, 0.3) is 0 Å². The fourth-order valence-corrected chi connectivity index (χ4v) is 1.63. The molecule has 0 saturated carbocycles. The van der Waals surface area contributed by atoms with E-state index in [-0.39, 0.29) is 5.82 Å². The maximum Gasteiger partial charge on any atom is 0.139 e. The number of hydrogen-bond donors (Lipinski definition) is 1. The highest BCUT2D eigenvalue weighted by Crippen LogP contribution is 2.28. The van der Waals surface area contributed by atoms with Crippen molar-refractivity contribution >= 4 is 33.2 Å². The van der Waals surface area contributed by atoms with Gasteiger partial charge in [0, 0.05) is 13.0 Å². The van der Waals surface area contributed by atoms with Crippen molar-refractivity contribution in [3.8, 4) is 12.3 Å². The topological polar surface area (TPSA) is 12.0 Å². The molecule has 0 aliphatic carbocycles. The fourth-order valence-electron chi connectivity index (χ4n) is 0.927. The first-order chi connectivity index (χ1) is 6.65. The molecule has 0 atom stereocenters. The van der Waals surface area contributed by atoms with E-state index in [1.807, 2.05) is 0 Å². The van der Waals surface area contributed by atoms with Gasteiger partial charge in [0.1, 0.15) is 5.82 Å². The van der Waals surface area contributed by atoms with Crippen molar-refractivity contribution in [2.45, 2.75) is 6.42 Å². The van der Waals surface area contributed by atoms with Crippen molar-refractivity contribution < 1.29 is 4.39 Å². The lowest BCUT2D eigenvalue weighted by Crippen LogP contribution is -2.01. The van der Waals surface area contributed by atoms with E-state index in [9.17, 15) is 4.39 Å². The lowest BCUT2D eigenvalue weighted by atomic mass is 10.3. The van der Waals surface area contributed by atoms with Gasteiger partial charge in [-0.05, 0) is 28.1 Å². The molecule has 0 bridgehead atoms.